The molecule has 1 aliphatic carbocycles. The molecule has 0 heterocycles. The lowest BCUT2D eigenvalue weighted by molar-refractivity contribution is -0.278. The van der Waals surface area contributed by atoms with E-state index in [4.69, 9.17) is 0 Å². The van der Waals surface area contributed by atoms with E-state index in [9.17, 15) is 31.2 Å². The standard InChI is InChI=1S/C8H13F3O4S/c1-6(12,8(9,10)11)7(2-3-7)4-5-16(13,14)15/h12H,2-5H2,1H3,(H,13,14,15)/p-1. The minimum absolute atomic E-state index is 0.0784. The van der Waals surface area contributed by atoms with E-state index >= 15 is 0 Å². The first-order chi connectivity index (χ1) is 6.91. The minimum atomic E-state index is -4.82. The monoisotopic (exact) mass is 261 g/mol. The van der Waals surface area contributed by atoms with Crippen molar-refractivity contribution in [2.75, 3.05) is 5.75 Å². The van der Waals surface area contributed by atoms with Crippen molar-refractivity contribution in [1.82, 2.24) is 0 Å². The molecule has 0 bridgehead atoms. The van der Waals surface area contributed by atoms with E-state index in [1.54, 1.807) is 0 Å². The number of aliphatic hydroxyl groups is 1. The Morgan fingerprint density at radius 2 is 1.81 bits per heavy atom. The van der Waals surface area contributed by atoms with E-state index in [2.05, 4.69) is 0 Å². The smallest absolute Gasteiger partial charge is 0.417 e. The first-order valence-corrected chi connectivity index (χ1v) is 6.22. The molecular formula is C8H12F3O4S-. The molecule has 0 aliphatic heterocycles. The molecule has 0 saturated heterocycles. The SMILES string of the molecule is CC(O)(C(F)(F)F)C1(CCS(=O)(=O)[O-])CC1. The molecule has 1 N–H and O–H groups in total. The molecule has 16 heavy (non-hydrogen) atoms. The van der Waals surface area contributed by atoms with Crippen molar-refractivity contribution in [3.05, 3.63) is 0 Å². The summed E-state index contributed by atoms with van der Waals surface area (Å²) in [5.41, 5.74) is -4.45. The average molecular weight is 261 g/mol. The van der Waals surface area contributed by atoms with Gasteiger partial charge in [-0.1, -0.05) is 0 Å². The summed E-state index contributed by atoms with van der Waals surface area (Å²) < 4.78 is 68.6. The van der Waals surface area contributed by atoms with Crippen molar-refractivity contribution in [2.24, 2.45) is 5.41 Å². The fourth-order valence-corrected chi connectivity index (χ4v) is 2.39. The Morgan fingerprint density at radius 1 is 1.38 bits per heavy atom. The normalized spacial score (nSPS) is 23.9. The second-order valence-electron chi connectivity index (χ2n) is 4.36. The zero-order valence-electron chi connectivity index (χ0n) is 8.54. The molecule has 0 radical (unpaired) electrons. The number of rotatable bonds is 4. The molecule has 0 aromatic rings. The summed E-state index contributed by atoms with van der Waals surface area (Å²) >= 11 is 0. The van der Waals surface area contributed by atoms with Crippen molar-refractivity contribution in [3.8, 4) is 0 Å². The molecule has 96 valence electrons. The molecule has 1 unspecified atom stereocenters. The molecule has 4 nitrogen and oxygen atoms in total. The summed E-state index contributed by atoms with van der Waals surface area (Å²) in [5.74, 6) is -0.876. The molecule has 8 heteroatoms. The van der Waals surface area contributed by atoms with Crippen LogP contribution in [0.4, 0.5) is 13.2 Å². The van der Waals surface area contributed by atoms with Crippen molar-refractivity contribution >= 4 is 10.1 Å². The Balaban J connectivity index is 2.80. The van der Waals surface area contributed by atoms with Crippen molar-refractivity contribution < 1.29 is 31.2 Å². The van der Waals surface area contributed by atoms with Crippen LogP contribution in [0.2, 0.25) is 0 Å². The zero-order valence-corrected chi connectivity index (χ0v) is 9.36. The maximum absolute atomic E-state index is 12.5. The van der Waals surface area contributed by atoms with Gasteiger partial charge in [0, 0.05) is 11.2 Å². The second-order valence-corrected chi connectivity index (χ2v) is 5.89. The van der Waals surface area contributed by atoms with Gasteiger partial charge >= 0.3 is 6.18 Å². The first-order valence-electron chi connectivity index (χ1n) is 4.64. The van der Waals surface area contributed by atoms with Gasteiger partial charge in [0.2, 0.25) is 0 Å². The van der Waals surface area contributed by atoms with Gasteiger partial charge in [-0.2, -0.15) is 13.2 Å². The molecule has 1 fully saturated rings. The third-order valence-corrected chi connectivity index (χ3v) is 3.97. The fourth-order valence-electron chi connectivity index (χ4n) is 1.75. The molecule has 1 saturated carbocycles. The number of hydrogen-bond acceptors (Lipinski definition) is 4. The zero-order chi connectivity index (χ0) is 12.8. The number of halogens is 3. The van der Waals surface area contributed by atoms with Gasteiger partial charge < -0.3 is 9.66 Å². The maximum Gasteiger partial charge on any atom is 0.417 e. The maximum atomic E-state index is 12.5. The first kappa shape index (κ1) is 13.7. The van der Waals surface area contributed by atoms with Crippen molar-refractivity contribution in [3.63, 3.8) is 0 Å². The molecule has 1 rings (SSSR count). The Labute approximate surface area is 91.2 Å². The highest BCUT2D eigenvalue weighted by Gasteiger charge is 2.67. The van der Waals surface area contributed by atoms with E-state index in [0.717, 1.165) is 0 Å². The van der Waals surface area contributed by atoms with Gasteiger partial charge in [0.1, 0.15) is 0 Å². The Morgan fingerprint density at radius 3 is 2.06 bits per heavy atom. The topological polar surface area (TPSA) is 77.4 Å². The van der Waals surface area contributed by atoms with Crippen LogP contribution in [-0.2, 0) is 10.1 Å². The van der Waals surface area contributed by atoms with Crippen LogP contribution in [0.15, 0.2) is 0 Å². The van der Waals surface area contributed by atoms with E-state index < -0.39 is 39.5 Å². The summed E-state index contributed by atoms with van der Waals surface area (Å²) in [5, 5.41) is 9.42. The van der Waals surface area contributed by atoms with Gasteiger partial charge in [-0.05, 0) is 26.2 Å². The van der Waals surface area contributed by atoms with Gasteiger partial charge in [-0.25, -0.2) is 8.42 Å². The quantitative estimate of drug-likeness (QED) is 0.766. The van der Waals surface area contributed by atoms with Crippen LogP contribution < -0.4 is 0 Å². The lowest BCUT2D eigenvalue weighted by Crippen LogP contribution is -2.50. The van der Waals surface area contributed by atoms with E-state index in [0.29, 0.717) is 6.92 Å². The molecule has 0 aromatic heterocycles. The van der Waals surface area contributed by atoms with Crippen LogP contribution in [0.25, 0.3) is 0 Å². The van der Waals surface area contributed by atoms with Crippen LogP contribution in [0.5, 0.6) is 0 Å². The predicted molar refractivity (Wildman–Crippen MR) is 47.5 cm³/mol. The molecule has 1 atom stereocenters. The summed E-state index contributed by atoms with van der Waals surface area (Å²) in [4.78, 5) is 0. The van der Waals surface area contributed by atoms with Gasteiger partial charge in [-0.15, -0.1) is 0 Å². The summed E-state index contributed by atoms with van der Waals surface area (Å²) in [6.45, 7) is 0.622. The number of alkyl halides is 3. The average Bonchev–Trinajstić information content (AvgIpc) is 2.77. The van der Waals surface area contributed by atoms with E-state index in [1.807, 2.05) is 0 Å². The van der Waals surface area contributed by atoms with Gasteiger partial charge in [0.05, 0.1) is 10.1 Å². The number of hydrogen-bond donors (Lipinski definition) is 1. The summed E-state index contributed by atoms with van der Waals surface area (Å²) in [6, 6.07) is 0. The third kappa shape index (κ3) is 2.49. The van der Waals surface area contributed by atoms with Gasteiger partial charge in [0.25, 0.3) is 0 Å². The predicted octanol–water partition coefficient (Wildman–Crippen LogP) is 1.02. The van der Waals surface area contributed by atoms with Crippen LogP contribution in [0.1, 0.15) is 26.2 Å². The van der Waals surface area contributed by atoms with Crippen LogP contribution in [0, 0.1) is 5.41 Å². The van der Waals surface area contributed by atoms with Crippen LogP contribution in [-0.4, -0.2) is 35.6 Å². The minimum Gasteiger partial charge on any atom is -0.748 e. The van der Waals surface area contributed by atoms with Gasteiger partial charge in [0.15, 0.2) is 5.60 Å². The van der Waals surface area contributed by atoms with E-state index in [-0.39, 0.29) is 12.8 Å². The van der Waals surface area contributed by atoms with Crippen LogP contribution in [0.3, 0.4) is 0 Å². The molecule has 0 aromatic carbocycles. The van der Waals surface area contributed by atoms with E-state index in [1.165, 1.54) is 0 Å². The van der Waals surface area contributed by atoms with Gasteiger partial charge in [-0.3, -0.25) is 0 Å². The van der Waals surface area contributed by atoms with Crippen molar-refractivity contribution in [2.45, 2.75) is 38.0 Å². The van der Waals surface area contributed by atoms with Crippen LogP contribution >= 0.6 is 0 Å². The Hall–Kier alpha value is -0.340. The lowest BCUT2D eigenvalue weighted by atomic mass is 9.83. The summed E-state index contributed by atoms with van der Waals surface area (Å²) in [6.07, 6.45) is -5.12. The Bertz CT molecular complexity index is 367. The highest BCUT2D eigenvalue weighted by Crippen LogP contribution is 2.61. The third-order valence-electron chi connectivity index (χ3n) is 3.27. The largest absolute Gasteiger partial charge is 0.748 e. The highest BCUT2D eigenvalue weighted by molar-refractivity contribution is 7.85. The lowest BCUT2D eigenvalue weighted by Gasteiger charge is -2.35. The second kappa shape index (κ2) is 3.58. The molecule has 1 aliphatic rings. The summed E-state index contributed by atoms with van der Waals surface area (Å²) in [7, 11) is -4.55. The highest BCUT2D eigenvalue weighted by atomic mass is 32.2. The van der Waals surface area contributed by atoms with Crippen molar-refractivity contribution in [1.29, 1.82) is 0 Å². The molecule has 0 amide bonds. The Kier molecular flexibility index (Phi) is 3.07. The molecular weight excluding hydrogens is 249 g/mol. The molecule has 0 spiro atoms. The fraction of sp³-hybridized carbons (Fsp3) is 1.00.